The van der Waals surface area contributed by atoms with Crippen molar-refractivity contribution >= 4 is 16.7 Å². The smallest absolute Gasteiger partial charge is 0.267 e. The predicted octanol–water partition coefficient (Wildman–Crippen LogP) is 2.36. The van der Waals surface area contributed by atoms with E-state index in [0.717, 1.165) is 5.52 Å². The molecule has 0 bridgehead atoms. The Kier molecular flexibility index (Phi) is 3.42. The Bertz CT molecular complexity index is 1160. The SMILES string of the molecule is COc1ccc(-n2c(=O)c3ccccc3n3c(C)nnc23)c(OC)c1. The summed E-state index contributed by atoms with van der Waals surface area (Å²) in [7, 11) is 3.13. The third-order valence-corrected chi connectivity index (χ3v) is 4.21. The molecular formula is C18H16N4O3. The Hall–Kier alpha value is -3.35. The molecule has 0 atom stereocenters. The van der Waals surface area contributed by atoms with Gasteiger partial charge in [-0.25, -0.2) is 4.57 Å². The molecule has 2 heterocycles. The highest BCUT2D eigenvalue weighted by Crippen LogP contribution is 2.28. The molecule has 0 unspecified atom stereocenters. The van der Waals surface area contributed by atoms with Gasteiger partial charge in [0.25, 0.3) is 5.56 Å². The number of methoxy groups -OCH3 is 2. The third kappa shape index (κ3) is 2.16. The van der Waals surface area contributed by atoms with Crippen molar-refractivity contribution in [1.29, 1.82) is 0 Å². The van der Waals surface area contributed by atoms with Gasteiger partial charge in [-0.05, 0) is 31.2 Å². The summed E-state index contributed by atoms with van der Waals surface area (Å²) in [5.74, 6) is 2.29. The average molecular weight is 336 g/mol. The largest absolute Gasteiger partial charge is 0.497 e. The first-order chi connectivity index (χ1) is 12.2. The summed E-state index contributed by atoms with van der Waals surface area (Å²) in [5.41, 5.74) is 1.17. The average Bonchev–Trinajstić information content (AvgIpc) is 3.03. The molecule has 2 aromatic heterocycles. The number of hydrogen-bond acceptors (Lipinski definition) is 5. The third-order valence-electron chi connectivity index (χ3n) is 4.21. The van der Waals surface area contributed by atoms with Crippen molar-refractivity contribution in [3.8, 4) is 17.2 Å². The van der Waals surface area contributed by atoms with Gasteiger partial charge in [-0.1, -0.05) is 12.1 Å². The van der Waals surface area contributed by atoms with Crippen LogP contribution in [0.15, 0.2) is 47.3 Å². The summed E-state index contributed by atoms with van der Waals surface area (Å²) in [5, 5.41) is 8.94. The fraction of sp³-hybridized carbons (Fsp3) is 0.167. The summed E-state index contributed by atoms with van der Waals surface area (Å²) in [4.78, 5) is 13.2. The fourth-order valence-corrected chi connectivity index (χ4v) is 3.03. The lowest BCUT2D eigenvalue weighted by Crippen LogP contribution is -2.22. The van der Waals surface area contributed by atoms with E-state index in [1.807, 2.05) is 29.5 Å². The number of nitrogens with zero attached hydrogens (tertiary/aromatic N) is 4. The number of fused-ring (bicyclic) bond motifs is 3. The van der Waals surface area contributed by atoms with Crippen molar-refractivity contribution in [3.63, 3.8) is 0 Å². The Morgan fingerprint density at radius 1 is 1.00 bits per heavy atom. The Morgan fingerprint density at radius 3 is 2.56 bits per heavy atom. The highest BCUT2D eigenvalue weighted by Gasteiger charge is 2.18. The number of ether oxygens (including phenoxy) is 2. The first kappa shape index (κ1) is 15.2. The Morgan fingerprint density at radius 2 is 1.80 bits per heavy atom. The number of aromatic nitrogens is 4. The number of para-hydroxylation sites is 1. The summed E-state index contributed by atoms with van der Waals surface area (Å²) in [6.07, 6.45) is 0. The van der Waals surface area contributed by atoms with Crippen LogP contribution in [0.5, 0.6) is 11.5 Å². The fourth-order valence-electron chi connectivity index (χ4n) is 3.03. The summed E-state index contributed by atoms with van der Waals surface area (Å²) in [6.45, 7) is 1.85. The van der Waals surface area contributed by atoms with Gasteiger partial charge in [0.15, 0.2) is 0 Å². The number of aryl methyl sites for hydroxylation is 1. The number of benzene rings is 2. The maximum absolute atomic E-state index is 13.2. The molecule has 4 rings (SSSR count). The predicted molar refractivity (Wildman–Crippen MR) is 93.9 cm³/mol. The minimum absolute atomic E-state index is 0.182. The zero-order valence-corrected chi connectivity index (χ0v) is 14.1. The highest BCUT2D eigenvalue weighted by atomic mass is 16.5. The quantitative estimate of drug-likeness (QED) is 0.574. The minimum atomic E-state index is -0.182. The van der Waals surface area contributed by atoms with Crippen LogP contribution in [0.3, 0.4) is 0 Å². The molecule has 0 aliphatic carbocycles. The molecule has 0 saturated carbocycles. The molecule has 2 aromatic carbocycles. The van der Waals surface area contributed by atoms with Crippen LogP contribution in [-0.2, 0) is 0 Å². The van der Waals surface area contributed by atoms with E-state index in [2.05, 4.69) is 10.2 Å². The normalized spacial score (nSPS) is 11.2. The van der Waals surface area contributed by atoms with Crippen LogP contribution >= 0.6 is 0 Å². The van der Waals surface area contributed by atoms with Crippen molar-refractivity contribution < 1.29 is 9.47 Å². The van der Waals surface area contributed by atoms with Crippen molar-refractivity contribution in [2.75, 3.05) is 14.2 Å². The molecule has 0 amide bonds. The Labute approximate surface area is 143 Å². The van der Waals surface area contributed by atoms with E-state index in [9.17, 15) is 4.79 Å². The van der Waals surface area contributed by atoms with Crippen LogP contribution in [0.1, 0.15) is 5.82 Å². The van der Waals surface area contributed by atoms with Gasteiger partial charge in [-0.15, -0.1) is 10.2 Å². The molecule has 7 heteroatoms. The Balaban J connectivity index is 2.18. The first-order valence-corrected chi connectivity index (χ1v) is 7.73. The summed E-state index contributed by atoms with van der Waals surface area (Å²) >= 11 is 0. The van der Waals surface area contributed by atoms with Crippen LogP contribution in [0.2, 0.25) is 0 Å². The molecule has 0 saturated heterocycles. The lowest BCUT2D eigenvalue weighted by atomic mass is 10.2. The summed E-state index contributed by atoms with van der Waals surface area (Å²) < 4.78 is 14.1. The molecule has 25 heavy (non-hydrogen) atoms. The topological polar surface area (TPSA) is 70.7 Å². The molecular weight excluding hydrogens is 320 g/mol. The van der Waals surface area contributed by atoms with Crippen LogP contribution < -0.4 is 15.0 Å². The maximum Gasteiger partial charge on any atom is 0.267 e. The molecule has 0 spiro atoms. The van der Waals surface area contributed by atoms with Gasteiger partial charge in [-0.3, -0.25) is 9.20 Å². The second-order valence-electron chi connectivity index (χ2n) is 5.58. The molecule has 0 N–H and O–H groups in total. The van der Waals surface area contributed by atoms with Crippen LogP contribution in [0, 0.1) is 6.92 Å². The van der Waals surface area contributed by atoms with E-state index in [-0.39, 0.29) is 5.56 Å². The molecule has 0 aliphatic heterocycles. The van der Waals surface area contributed by atoms with E-state index < -0.39 is 0 Å². The van der Waals surface area contributed by atoms with Gasteiger partial charge >= 0.3 is 0 Å². The van der Waals surface area contributed by atoms with Gasteiger partial charge in [0.1, 0.15) is 17.3 Å². The van der Waals surface area contributed by atoms with E-state index in [0.29, 0.717) is 34.2 Å². The van der Waals surface area contributed by atoms with Gasteiger partial charge < -0.3 is 9.47 Å². The van der Waals surface area contributed by atoms with Gasteiger partial charge in [-0.2, -0.15) is 0 Å². The molecule has 0 fully saturated rings. The summed E-state index contributed by atoms with van der Waals surface area (Å²) in [6, 6.07) is 12.7. The minimum Gasteiger partial charge on any atom is -0.497 e. The standard InChI is InChI=1S/C18H16N4O3/c1-11-19-20-18-21(11)14-7-5-4-6-13(14)17(23)22(18)15-9-8-12(24-2)10-16(15)25-3/h4-10H,1-3H3. The van der Waals surface area contributed by atoms with E-state index >= 15 is 0 Å². The van der Waals surface area contributed by atoms with Crippen LogP contribution in [-0.4, -0.2) is 33.4 Å². The second-order valence-corrected chi connectivity index (χ2v) is 5.58. The highest BCUT2D eigenvalue weighted by molar-refractivity contribution is 5.81. The van der Waals surface area contributed by atoms with Crippen molar-refractivity contribution in [2.24, 2.45) is 0 Å². The van der Waals surface area contributed by atoms with Gasteiger partial charge in [0.2, 0.25) is 5.78 Å². The zero-order chi connectivity index (χ0) is 17.6. The van der Waals surface area contributed by atoms with Crippen LogP contribution in [0.4, 0.5) is 0 Å². The second kappa shape index (κ2) is 5.62. The van der Waals surface area contributed by atoms with E-state index in [1.165, 1.54) is 4.57 Å². The van der Waals surface area contributed by atoms with Gasteiger partial charge in [0, 0.05) is 6.07 Å². The van der Waals surface area contributed by atoms with Crippen molar-refractivity contribution in [2.45, 2.75) is 6.92 Å². The molecule has 0 radical (unpaired) electrons. The number of rotatable bonds is 3. The monoisotopic (exact) mass is 336 g/mol. The zero-order valence-electron chi connectivity index (χ0n) is 14.1. The molecule has 126 valence electrons. The van der Waals surface area contributed by atoms with E-state index in [4.69, 9.17) is 9.47 Å². The number of hydrogen-bond donors (Lipinski definition) is 0. The molecule has 4 aromatic rings. The molecule has 0 aliphatic rings. The van der Waals surface area contributed by atoms with Crippen LogP contribution in [0.25, 0.3) is 22.4 Å². The first-order valence-electron chi connectivity index (χ1n) is 7.73. The lowest BCUT2D eigenvalue weighted by molar-refractivity contribution is 0.393. The van der Waals surface area contributed by atoms with Gasteiger partial charge in [0.05, 0.1) is 30.8 Å². The van der Waals surface area contributed by atoms with Crippen molar-refractivity contribution in [1.82, 2.24) is 19.2 Å². The van der Waals surface area contributed by atoms with Crippen molar-refractivity contribution in [3.05, 3.63) is 58.6 Å². The maximum atomic E-state index is 13.2. The lowest BCUT2D eigenvalue weighted by Gasteiger charge is -2.14. The van der Waals surface area contributed by atoms with E-state index in [1.54, 1.807) is 38.5 Å². The molecule has 7 nitrogen and oxygen atoms in total.